The van der Waals surface area contributed by atoms with E-state index >= 15 is 0 Å². The molecule has 8 nitrogen and oxygen atoms in total. The zero-order valence-electron chi connectivity index (χ0n) is 20.5. The van der Waals surface area contributed by atoms with Gasteiger partial charge in [0.15, 0.2) is 0 Å². The first-order valence-corrected chi connectivity index (χ1v) is 11.9. The summed E-state index contributed by atoms with van der Waals surface area (Å²) in [6.07, 6.45) is 7.35. The smallest absolute Gasteiger partial charge is 0.328 e. The van der Waals surface area contributed by atoms with Gasteiger partial charge < -0.3 is 14.7 Å². The van der Waals surface area contributed by atoms with Gasteiger partial charge in [0.05, 0.1) is 6.54 Å². The van der Waals surface area contributed by atoms with E-state index in [0.717, 1.165) is 28.6 Å². The number of nitrogens with zero attached hydrogens (tertiary/aromatic N) is 4. The number of hydrogen-bond acceptors (Lipinski definition) is 6. The number of aliphatic carboxylic acids is 1. The second-order valence-electron chi connectivity index (χ2n) is 8.93. The molecule has 1 fully saturated rings. The molecule has 0 spiro atoms. The average molecular weight is 487 g/mol. The van der Waals surface area contributed by atoms with Gasteiger partial charge in [-0.05, 0) is 59.9 Å². The summed E-state index contributed by atoms with van der Waals surface area (Å²) in [7, 11) is 3.91. The molecular formula is C28H30N4O4. The predicted molar refractivity (Wildman–Crippen MR) is 140 cm³/mol. The second kappa shape index (κ2) is 11.6. The second-order valence-corrected chi connectivity index (χ2v) is 8.93. The van der Waals surface area contributed by atoms with Crippen molar-refractivity contribution in [3.05, 3.63) is 78.1 Å². The van der Waals surface area contributed by atoms with E-state index < -0.39 is 5.97 Å². The minimum absolute atomic E-state index is 0.00212. The van der Waals surface area contributed by atoms with Crippen LogP contribution in [0.15, 0.2) is 67.0 Å². The monoisotopic (exact) mass is 486 g/mol. The van der Waals surface area contributed by atoms with Gasteiger partial charge in [-0.25, -0.2) is 14.8 Å². The fourth-order valence-electron chi connectivity index (χ4n) is 4.10. The molecule has 1 N–H and O–H groups in total. The third-order valence-corrected chi connectivity index (χ3v) is 6.14. The highest BCUT2D eigenvalue weighted by Crippen LogP contribution is 2.26. The molecule has 186 valence electrons. The Balaban J connectivity index is 1.58. The Labute approximate surface area is 210 Å². The first-order chi connectivity index (χ1) is 17.4. The molecule has 36 heavy (non-hydrogen) atoms. The van der Waals surface area contributed by atoms with Crippen LogP contribution in [0.2, 0.25) is 0 Å². The van der Waals surface area contributed by atoms with Crippen LogP contribution in [0, 0.1) is 5.92 Å². The molecule has 3 aromatic rings. The van der Waals surface area contributed by atoms with Crippen LogP contribution in [0.5, 0.6) is 0 Å². The number of anilines is 2. The van der Waals surface area contributed by atoms with E-state index in [4.69, 9.17) is 9.84 Å². The highest BCUT2D eigenvalue weighted by Gasteiger charge is 2.28. The molecule has 4 rings (SSSR count). The van der Waals surface area contributed by atoms with E-state index in [-0.39, 0.29) is 11.8 Å². The maximum atomic E-state index is 13.6. The summed E-state index contributed by atoms with van der Waals surface area (Å²) in [5.74, 6) is 0.212. The van der Waals surface area contributed by atoms with Crippen molar-refractivity contribution < 1.29 is 19.4 Å². The number of carboxylic acids is 1. The number of carboxylic acid groups (broad SMARTS) is 1. The quantitative estimate of drug-likeness (QED) is 0.475. The summed E-state index contributed by atoms with van der Waals surface area (Å²) in [6.45, 7) is 1.48. The summed E-state index contributed by atoms with van der Waals surface area (Å²) in [6, 6.07) is 15.5. The van der Waals surface area contributed by atoms with Gasteiger partial charge in [-0.1, -0.05) is 24.3 Å². The van der Waals surface area contributed by atoms with Crippen LogP contribution >= 0.6 is 0 Å². The molecule has 0 bridgehead atoms. The van der Waals surface area contributed by atoms with Crippen molar-refractivity contribution in [2.45, 2.75) is 19.4 Å². The van der Waals surface area contributed by atoms with Gasteiger partial charge >= 0.3 is 5.97 Å². The summed E-state index contributed by atoms with van der Waals surface area (Å²) >= 11 is 0. The Bertz CT molecular complexity index is 1220. The van der Waals surface area contributed by atoms with E-state index in [2.05, 4.69) is 9.97 Å². The zero-order valence-corrected chi connectivity index (χ0v) is 20.5. The fourth-order valence-corrected chi connectivity index (χ4v) is 4.10. The number of hydrogen-bond donors (Lipinski definition) is 1. The van der Waals surface area contributed by atoms with E-state index in [1.54, 1.807) is 23.2 Å². The van der Waals surface area contributed by atoms with E-state index in [1.165, 1.54) is 6.08 Å². The third kappa shape index (κ3) is 6.34. The highest BCUT2D eigenvalue weighted by molar-refractivity contribution is 5.94. The molecule has 1 aromatic carbocycles. The Morgan fingerprint density at radius 1 is 1.00 bits per heavy atom. The minimum atomic E-state index is -1.03. The maximum Gasteiger partial charge on any atom is 0.328 e. The van der Waals surface area contributed by atoms with Gasteiger partial charge in [-0.3, -0.25) is 9.69 Å². The van der Waals surface area contributed by atoms with Crippen molar-refractivity contribution in [3.8, 4) is 11.1 Å². The van der Waals surface area contributed by atoms with Crippen LogP contribution in [0.1, 0.15) is 24.0 Å². The Morgan fingerprint density at radius 3 is 2.36 bits per heavy atom. The number of carbonyl (C=O) groups is 2. The zero-order chi connectivity index (χ0) is 25.5. The van der Waals surface area contributed by atoms with Gasteiger partial charge in [0.2, 0.25) is 5.91 Å². The predicted octanol–water partition coefficient (Wildman–Crippen LogP) is 4.27. The van der Waals surface area contributed by atoms with Gasteiger partial charge in [0.1, 0.15) is 11.6 Å². The molecule has 0 aliphatic carbocycles. The molecule has 1 amide bonds. The summed E-state index contributed by atoms with van der Waals surface area (Å²) in [4.78, 5) is 37.1. The van der Waals surface area contributed by atoms with E-state index in [9.17, 15) is 9.59 Å². The summed E-state index contributed by atoms with van der Waals surface area (Å²) in [5, 5.41) is 8.96. The standard InChI is InChI=1S/C28H30N4O4/c1-31(2)25-9-8-24(18-30-25)22-6-3-21(4-7-22)19-32(28(35)23-12-15-36-16-13-23)26-17-20(11-14-29-26)5-10-27(33)34/h3-11,14,17-18,23H,12-13,15-16,19H2,1-2H3,(H,33,34). The van der Waals surface area contributed by atoms with Crippen LogP contribution in [0.4, 0.5) is 11.6 Å². The number of carbonyl (C=O) groups excluding carboxylic acids is 1. The molecular weight excluding hydrogens is 456 g/mol. The SMILES string of the molecule is CN(C)c1ccc(-c2ccc(CN(C(=O)C3CCOCC3)c3cc(C=CC(=O)O)ccn3)cc2)cn1. The fraction of sp³-hybridized carbons (Fsp3) is 0.286. The van der Waals surface area contributed by atoms with Crippen LogP contribution in [-0.2, 0) is 20.9 Å². The molecule has 0 unspecified atom stereocenters. The molecule has 1 aliphatic heterocycles. The van der Waals surface area contributed by atoms with Crippen molar-refractivity contribution in [2.24, 2.45) is 5.92 Å². The van der Waals surface area contributed by atoms with Gasteiger partial charge in [-0.2, -0.15) is 0 Å². The lowest BCUT2D eigenvalue weighted by Gasteiger charge is -2.29. The number of benzene rings is 1. The first kappa shape index (κ1) is 25.1. The van der Waals surface area contributed by atoms with Gasteiger partial charge in [0.25, 0.3) is 0 Å². The summed E-state index contributed by atoms with van der Waals surface area (Å²) in [5.41, 5.74) is 3.68. The van der Waals surface area contributed by atoms with Gasteiger partial charge in [-0.15, -0.1) is 0 Å². The lowest BCUT2D eigenvalue weighted by atomic mass is 9.98. The number of ether oxygens (including phenoxy) is 1. The lowest BCUT2D eigenvalue weighted by molar-refractivity contribution is -0.131. The highest BCUT2D eigenvalue weighted by atomic mass is 16.5. The normalized spacial score (nSPS) is 14.1. The molecule has 2 aromatic heterocycles. The molecule has 0 saturated carbocycles. The van der Waals surface area contributed by atoms with Crippen LogP contribution in [-0.4, -0.2) is 54.3 Å². The van der Waals surface area contributed by atoms with Crippen molar-refractivity contribution in [1.82, 2.24) is 9.97 Å². The molecule has 8 heteroatoms. The number of aromatic nitrogens is 2. The van der Waals surface area contributed by atoms with E-state index in [1.807, 2.05) is 61.6 Å². The third-order valence-electron chi connectivity index (χ3n) is 6.14. The molecule has 0 radical (unpaired) electrons. The van der Waals surface area contributed by atoms with Crippen molar-refractivity contribution >= 4 is 29.6 Å². The molecule has 3 heterocycles. The number of rotatable bonds is 8. The molecule has 1 saturated heterocycles. The lowest BCUT2D eigenvalue weighted by Crippen LogP contribution is -2.38. The molecule has 1 aliphatic rings. The van der Waals surface area contributed by atoms with Crippen LogP contribution in [0.25, 0.3) is 17.2 Å². The summed E-state index contributed by atoms with van der Waals surface area (Å²) < 4.78 is 5.44. The number of pyridine rings is 2. The number of amides is 1. The Hall–Kier alpha value is -4.04. The largest absolute Gasteiger partial charge is 0.478 e. The topological polar surface area (TPSA) is 95.9 Å². The average Bonchev–Trinajstić information content (AvgIpc) is 2.91. The van der Waals surface area contributed by atoms with Crippen LogP contribution < -0.4 is 9.80 Å². The maximum absolute atomic E-state index is 13.6. The van der Waals surface area contributed by atoms with Crippen molar-refractivity contribution in [1.29, 1.82) is 0 Å². The Kier molecular flexibility index (Phi) is 8.07. The van der Waals surface area contributed by atoms with Gasteiger partial charge in [0, 0.05) is 57.3 Å². The minimum Gasteiger partial charge on any atom is -0.478 e. The van der Waals surface area contributed by atoms with Crippen LogP contribution in [0.3, 0.4) is 0 Å². The van der Waals surface area contributed by atoms with E-state index in [0.29, 0.717) is 44.0 Å². The first-order valence-electron chi connectivity index (χ1n) is 11.9. The van der Waals surface area contributed by atoms with Crippen molar-refractivity contribution in [2.75, 3.05) is 37.1 Å². The Morgan fingerprint density at radius 2 is 1.72 bits per heavy atom. The molecule has 0 atom stereocenters. The van der Waals surface area contributed by atoms with Crippen molar-refractivity contribution in [3.63, 3.8) is 0 Å².